The van der Waals surface area contributed by atoms with Crippen LogP contribution in [0.25, 0.3) is 0 Å². The maximum atomic E-state index is 12.0. The monoisotopic (exact) mass is 318 g/mol. The molecule has 0 spiro atoms. The number of hydrogen-bond donors (Lipinski definition) is 1. The highest BCUT2D eigenvalue weighted by atomic mass is 32.1. The molecule has 21 heavy (non-hydrogen) atoms. The average Bonchev–Trinajstić information content (AvgIpc) is 2.45. The fraction of sp³-hybridized carbons (Fsp3) is 0.286. The lowest BCUT2D eigenvalue weighted by Gasteiger charge is -2.17. The molecule has 0 N–H and O–H groups in total. The Balaban J connectivity index is 1.86. The molecule has 0 fully saturated rings. The van der Waals surface area contributed by atoms with E-state index in [0.717, 1.165) is 5.56 Å². The molecule has 0 aromatic heterocycles. The van der Waals surface area contributed by atoms with Crippen molar-refractivity contribution in [2.45, 2.75) is 25.8 Å². The molecule has 1 aromatic rings. The molecule has 114 valence electrons. The average molecular weight is 318 g/mol. The molecule has 0 bridgehead atoms. The van der Waals surface area contributed by atoms with Crippen LogP contribution in [0.4, 0.5) is 13.2 Å². The second-order valence-corrected chi connectivity index (χ2v) is 4.52. The van der Waals surface area contributed by atoms with Gasteiger partial charge in [0.25, 0.3) is 0 Å². The highest BCUT2D eigenvalue weighted by molar-refractivity contribution is 7.75. The molecule has 0 saturated heterocycles. The van der Waals surface area contributed by atoms with Crippen LogP contribution in [0.3, 0.4) is 0 Å². The third-order valence-corrected chi connectivity index (χ3v) is 2.98. The zero-order valence-corrected chi connectivity index (χ0v) is 11.8. The Bertz CT molecular complexity index is 535. The van der Waals surface area contributed by atoms with Crippen LogP contribution in [0.2, 0.25) is 0 Å². The van der Waals surface area contributed by atoms with Gasteiger partial charge in [0.2, 0.25) is 0 Å². The van der Waals surface area contributed by atoms with Gasteiger partial charge in [-0.2, -0.15) is 0 Å². The lowest BCUT2D eigenvalue weighted by molar-refractivity contribution is -0.306. The third-order valence-electron chi connectivity index (χ3n) is 2.77. The number of rotatable bonds is 5. The summed E-state index contributed by atoms with van der Waals surface area (Å²) < 4.78 is 50.3. The largest absolute Gasteiger partial charge is 0.572 e. The number of hydrogen-bond acceptors (Lipinski definition) is 4. The van der Waals surface area contributed by atoms with Crippen molar-refractivity contribution in [1.82, 2.24) is 0 Å². The minimum atomic E-state index is -4.64. The van der Waals surface area contributed by atoms with Gasteiger partial charge >= 0.3 is 6.36 Å². The summed E-state index contributed by atoms with van der Waals surface area (Å²) in [4.78, 5) is 0. The molecule has 0 aliphatic heterocycles. The van der Waals surface area contributed by atoms with E-state index in [1.54, 1.807) is 12.1 Å². The van der Waals surface area contributed by atoms with E-state index in [4.69, 9.17) is 8.92 Å². The third kappa shape index (κ3) is 5.26. The van der Waals surface area contributed by atoms with E-state index in [-0.39, 0.29) is 12.2 Å². The molecule has 0 amide bonds. The normalized spacial score (nSPS) is 15.0. The summed E-state index contributed by atoms with van der Waals surface area (Å²) in [6.45, 7) is 0.335. The molecular weight excluding hydrogens is 305 g/mol. The number of ether oxygens (including phenoxy) is 2. The lowest BCUT2D eigenvalue weighted by atomic mass is 10.1. The van der Waals surface area contributed by atoms with Gasteiger partial charge in [-0.25, -0.2) is 0 Å². The van der Waals surface area contributed by atoms with Crippen molar-refractivity contribution in [2.24, 2.45) is 0 Å². The van der Waals surface area contributed by atoms with Crippen LogP contribution in [-0.2, 0) is 16.1 Å². The highest BCUT2D eigenvalue weighted by Crippen LogP contribution is 2.27. The lowest BCUT2D eigenvalue weighted by Crippen LogP contribution is -2.14. The Kier molecular flexibility index (Phi) is 5.06. The van der Waals surface area contributed by atoms with Gasteiger partial charge in [-0.1, -0.05) is 12.1 Å². The fourth-order valence-electron chi connectivity index (χ4n) is 1.78. The van der Waals surface area contributed by atoms with E-state index >= 15 is 0 Å². The molecule has 0 saturated carbocycles. The van der Waals surface area contributed by atoms with Crippen molar-refractivity contribution in [2.75, 3.05) is 0 Å². The predicted molar refractivity (Wildman–Crippen MR) is 73.4 cm³/mol. The van der Waals surface area contributed by atoms with Crippen LogP contribution in [0.1, 0.15) is 18.4 Å². The van der Waals surface area contributed by atoms with Crippen LogP contribution >= 0.6 is 12.9 Å². The van der Waals surface area contributed by atoms with Gasteiger partial charge in [-0.05, 0) is 29.8 Å². The standard InChI is InChI=1S/C14H13F3O3S/c15-14(16,17)19-12-7-5-11(6-8-12)18-9-10-1-3-13(20-21)4-2-10/h1-5,7,21H,6,8-9H2. The van der Waals surface area contributed by atoms with Crippen LogP contribution in [-0.4, -0.2) is 6.36 Å². The van der Waals surface area contributed by atoms with Gasteiger partial charge in [-0.15, -0.1) is 13.2 Å². The van der Waals surface area contributed by atoms with Crippen molar-refractivity contribution >= 4 is 12.9 Å². The van der Waals surface area contributed by atoms with E-state index in [1.807, 2.05) is 12.1 Å². The Morgan fingerprint density at radius 1 is 1.00 bits per heavy atom. The molecule has 3 nitrogen and oxygen atoms in total. The van der Waals surface area contributed by atoms with E-state index in [1.165, 1.54) is 12.2 Å². The van der Waals surface area contributed by atoms with Crippen LogP contribution in [0, 0.1) is 0 Å². The first-order valence-electron chi connectivity index (χ1n) is 6.15. The summed E-state index contributed by atoms with van der Waals surface area (Å²) >= 11 is 3.68. The van der Waals surface area contributed by atoms with Crippen molar-refractivity contribution in [1.29, 1.82) is 0 Å². The first-order chi connectivity index (χ1) is 9.96. The van der Waals surface area contributed by atoms with Gasteiger partial charge in [0.1, 0.15) is 18.1 Å². The van der Waals surface area contributed by atoms with Crippen LogP contribution < -0.4 is 4.18 Å². The summed E-state index contributed by atoms with van der Waals surface area (Å²) in [6, 6.07) is 7.14. The molecule has 0 radical (unpaired) electrons. The number of halogens is 3. The molecular formula is C14H13F3O3S. The molecule has 0 heterocycles. The van der Waals surface area contributed by atoms with E-state index in [0.29, 0.717) is 24.5 Å². The zero-order chi connectivity index (χ0) is 15.3. The summed E-state index contributed by atoms with van der Waals surface area (Å²) in [7, 11) is 0. The van der Waals surface area contributed by atoms with Crippen LogP contribution in [0.5, 0.6) is 5.75 Å². The van der Waals surface area contributed by atoms with Crippen LogP contribution in [0.15, 0.2) is 47.9 Å². The summed E-state index contributed by atoms with van der Waals surface area (Å²) in [5.74, 6) is 1.14. The van der Waals surface area contributed by atoms with Crippen molar-refractivity contribution < 1.29 is 26.8 Å². The molecule has 1 aliphatic carbocycles. The number of alkyl halides is 3. The summed E-state index contributed by atoms with van der Waals surface area (Å²) in [5.41, 5.74) is 0.923. The second kappa shape index (κ2) is 6.80. The molecule has 7 heteroatoms. The van der Waals surface area contributed by atoms with Crippen molar-refractivity contribution in [3.63, 3.8) is 0 Å². The number of allylic oxidation sites excluding steroid dienone is 4. The summed E-state index contributed by atoms with van der Waals surface area (Å²) in [6.07, 6.45) is -1.33. The van der Waals surface area contributed by atoms with Gasteiger partial charge < -0.3 is 13.7 Å². The van der Waals surface area contributed by atoms with E-state index in [2.05, 4.69) is 17.6 Å². The van der Waals surface area contributed by atoms with E-state index < -0.39 is 6.36 Å². The SMILES string of the molecule is FC(F)(F)OC1=CC=C(OCc2ccc(OS)cc2)CC1. The minimum absolute atomic E-state index is 0.106. The van der Waals surface area contributed by atoms with Gasteiger partial charge in [0.15, 0.2) is 0 Å². The van der Waals surface area contributed by atoms with Gasteiger partial charge in [0, 0.05) is 25.8 Å². The molecule has 0 atom stereocenters. The maximum Gasteiger partial charge on any atom is 0.572 e. The molecule has 1 aromatic carbocycles. The second-order valence-electron chi connectivity index (χ2n) is 4.34. The first kappa shape index (κ1) is 15.6. The Hall–Kier alpha value is -1.76. The quantitative estimate of drug-likeness (QED) is 0.639. The number of benzene rings is 1. The van der Waals surface area contributed by atoms with Crippen molar-refractivity contribution in [3.8, 4) is 5.75 Å². The van der Waals surface area contributed by atoms with E-state index in [9.17, 15) is 13.2 Å². The zero-order valence-electron chi connectivity index (χ0n) is 10.9. The highest BCUT2D eigenvalue weighted by Gasteiger charge is 2.32. The molecule has 1 aliphatic rings. The fourth-order valence-corrected chi connectivity index (χ4v) is 1.90. The Morgan fingerprint density at radius 3 is 2.14 bits per heavy atom. The topological polar surface area (TPSA) is 27.7 Å². The Labute approximate surface area is 125 Å². The predicted octanol–water partition coefficient (Wildman–Crippen LogP) is 4.52. The minimum Gasteiger partial charge on any atom is -0.493 e. The first-order valence-corrected chi connectivity index (χ1v) is 6.51. The number of thiol groups is 1. The van der Waals surface area contributed by atoms with Gasteiger partial charge in [-0.3, -0.25) is 0 Å². The smallest absolute Gasteiger partial charge is 0.493 e. The maximum absolute atomic E-state index is 12.0. The Morgan fingerprint density at radius 2 is 1.62 bits per heavy atom. The molecule has 0 unspecified atom stereocenters. The molecule has 2 rings (SSSR count). The van der Waals surface area contributed by atoms with Crippen molar-refractivity contribution in [3.05, 3.63) is 53.5 Å². The summed E-state index contributed by atoms with van der Waals surface area (Å²) in [5, 5.41) is 0. The van der Waals surface area contributed by atoms with Gasteiger partial charge in [0.05, 0.1) is 5.76 Å².